The maximum Gasteiger partial charge on any atom is 0.00694 e. The minimum Gasteiger partial charge on any atom is -0.311 e. The molecule has 2 rings (SSSR count). The van der Waals surface area contributed by atoms with Gasteiger partial charge in [-0.25, -0.2) is 0 Å². The minimum atomic E-state index is 0.738. The first-order valence-electron chi connectivity index (χ1n) is 7.51. The number of hydrogen-bond acceptors (Lipinski definition) is 1. The van der Waals surface area contributed by atoms with E-state index in [0.29, 0.717) is 0 Å². The second kappa shape index (κ2) is 6.05. The molecule has 1 nitrogen and oxygen atoms in total. The van der Waals surface area contributed by atoms with Crippen LogP contribution < -0.4 is 5.32 Å². The summed E-state index contributed by atoms with van der Waals surface area (Å²) in [6, 6.07) is 1.48. The van der Waals surface area contributed by atoms with Crippen LogP contribution in [-0.2, 0) is 0 Å². The Balaban J connectivity index is 1.65. The molecule has 2 saturated carbocycles. The van der Waals surface area contributed by atoms with Crippen LogP contribution in [0.1, 0.15) is 71.6 Å². The molecule has 94 valence electrons. The fraction of sp³-hybridized carbons (Fsp3) is 1.00. The van der Waals surface area contributed by atoms with Crippen LogP contribution in [0.2, 0.25) is 0 Å². The van der Waals surface area contributed by atoms with Gasteiger partial charge in [0.05, 0.1) is 0 Å². The molecular formula is C15H29N. The molecule has 2 fully saturated rings. The van der Waals surface area contributed by atoms with Crippen molar-refractivity contribution in [2.24, 2.45) is 11.8 Å². The molecular weight excluding hydrogens is 194 g/mol. The van der Waals surface area contributed by atoms with E-state index in [4.69, 9.17) is 0 Å². The van der Waals surface area contributed by atoms with Crippen molar-refractivity contribution < 1.29 is 0 Å². The first-order chi connectivity index (χ1) is 7.75. The van der Waals surface area contributed by atoms with Gasteiger partial charge >= 0.3 is 0 Å². The molecule has 0 spiro atoms. The third-order valence-corrected chi connectivity index (χ3v) is 4.82. The summed E-state index contributed by atoms with van der Waals surface area (Å²) in [6.07, 6.45) is 13.2. The van der Waals surface area contributed by atoms with Crippen molar-refractivity contribution in [2.75, 3.05) is 0 Å². The molecule has 16 heavy (non-hydrogen) atoms. The van der Waals surface area contributed by atoms with Gasteiger partial charge in [0.15, 0.2) is 0 Å². The molecule has 0 heterocycles. The van der Waals surface area contributed by atoms with Gasteiger partial charge in [-0.2, -0.15) is 0 Å². The molecule has 0 aromatic carbocycles. The van der Waals surface area contributed by atoms with E-state index in [1.54, 1.807) is 0 Å². The van der Waals surface area contributed by atoms with Crippen LogP contribution in [0.25, 0.3) is 0 Å². The van der Waals surface area contributed by atoms with Crippen molar-refractivity contribution in [3.05, 3.63) is 0 Å². The minimum absolute atomic E-state index is 0.738. The van der Waals surface area contributed by atoms with Crippen molar-refractivity contribution in [1.82, 2.24) is 5.32 Å². The van der Waals surface area contributed by atoms with Crippen LogP contribution in [0.5, 0.6) is 0 Å². The highest BCUT2D eigenvalue weighted by Gasteiger charge is 2.24. The highest BCUT2D eigenvalue weighted by atomic mass is 14.9. The van der Waals surface area contributed by atoms with Crippen LogP contribution >= 0.6 is 0 Å². The van der Waals surface area contributed by atoms with Crippen molar-refractivity contribution in [1.29, 1.82) is 0 Å². The molecule has 0 bridgehead atoms. The predicted molar refractivity (Wildman–Crippen MR) is 70.6 cm³/mol. The van der Waals surface area contributed by atoms with Crippen LogP contribution in [0.15, 0.2) is 0 Å². The zero-order chi connectivity index (χ0) is 11.4. The van der Waals surface area contributed by atoms with E-state index in [-0.39, 0.29) is 0 Å². The Morgan fingerprint density at radius 3 is 2.19 bits per heavy atom. The Bertz CT molecular complexity index is 192. The van der Waals surface area contributed by atoms with Crippen LogP contribution in [-0.4, -0.2) is 12.1 Å². The summed E-state index contributed by atoms with van der Waals surface area (Å²) in [6.45, 7) is 4.80. The van der Waals surface area contributed by atoms with Gasteiger partial charge in [0.25, 0.3) is 0 Å². The fourth-order valence-electron chi connectivity index (χ4n) is 3.52. The smallest absolute Gasteiger partial charge is 0.00694 e. The highest BCUT2D eigenvalue weighted by molar-refractivity contribution is 4.80. The van der Waals surface area contributed by atoms with Crippen molar-refractivity contribution in [2.45, 2.75) is 83.7 Å². The second-order valence-electron chi connectivity index (χ2n) is 6.29. The molecule has 2 atom stereocenters. The zero-order valence-corrected chi connectivity index (χ0v) is 11.2. The summed E-state index contributed by atoms with van der Waals surface area (Å²) in [4.78, 5) is 0. The van der Waals surface area contributed by atoms with Crippen molar-refractivity contribution in [3.63, 3.8) is 0 Å². The monoisotopic (exact) mass is 223 g/mol. The first kappa shape index (κ1) is 12.4. The topological polar surface area (TPSA) is 12.0 Å². The van der Waals surface area contributed by atoms with Crippen LogP contribution in [0.3, 0.4) is 0 Å². The number of hydrogen-bond donors (Lipinski definition) is 1. The molecule has 1 N–H and O–H groups in total. The molecule has 0 aliphatic heterocycles. The quantitative estimate of drug-likeness (QED) is 0.739. The maximum atomic E-state index is 3.85. The molecule has 0 aromatic heterocycles. The van der Waals surface area contributed by atoms with Crippen molar-refractivity contribution >= 4 is 0 Å². The lowest BCUT2D eigenvalue weighted by molar-refractivity contribution is 0.226. The van der Waals surface area contributed by atoms with E-state index in [2.05, 4.69) is 19.2 Å². The Labute approximate surface area is 101 Å². The van der Waals surface area contributed by atoms with E-state index in [1.165, 1.54) is 57.8 Å². The zero-order valence-electron chi connectivity index (χ0n) is 11.2. The normalized spacial score (nSPS) is 27.4. The van der Waals surface area contributed by atoms with Crippen LogP contribution in [0, 0.1) is 11.8 Å². The molecule has 1 heteroatoms. The number of nitrogens with one attached hydrogen (secondary N) is 1. The van der Waals surface area contributed by atoms with Crippen molar-refractivity contribution in [3.8, 4) is 0 Å². The van der Waals surface area contributed by atoms with Gasteiger partial charge in [-0.15, -0.1) is 0 Å². The van der Waals surface area contributed by atoms with Gasteiger partial charge in [-0.3, -0.25) is 0 Å². The summed E-state index contributed by atoms with van der Waals surface area (Å²) < 4.78 is 0. The molecule has 0 saturated heterocycles. The van der Waals surface area contributed by atoms with Gasteiger partial charge in [-0.05, 0) is 44.9 Å². The van der Waals surface area contributed by atoms with Gasteiger partial charge in [0.2, 0.25) is 0 Å². The van der Waals surface area contributed by atoms with E-state index in [9.17, 15) is 0 Å². The third kappa shape index (κ3) is 3.48. The maximum absolute atomic E-state index is 3.85. The molecule has 0 radical (unpaired) electrons. The highest BCUT2D eigenvalue weighted by Crippen LogP contribution is 2.31. The van der Waals surface area contributed by atoms with Gasteiger partial charge in [0.1, 0.15) is 0 Å². The lowest BCUT2D eigenvalue weighted by Crippen LogP contribution is -2.41. The van der Waals surface area contributed by atoms with Crippen LogP contribution in [0.4, 0.5) is 0 Å². The summed E-state index contributed by atoms with van der Waals surface area (Å²) in [5.41, 5.74) is 0. The van der Waals surface area contributed by atoms with Gasteiger partial charge in [-0.1, -0.05) is 38.5 Å². The molecule has 2 aliphatic rings. The van der Waals surface area contributed by atoms with Gasteiger partial charge in [0, 0.05) is 12.1 Å². The first-order valence-corrected chi connectivity index (χ1v) is 7.51. The average Bonchev–Trinajstić information content (AvgIpc) is 2.25. The summed E-state index contributed by atoms with van der Waals surface area (Å²) in [5, 5.41) is 3.85. The largest absolute Gasteiger partial charge is 0.311 e. The Kier molecular flexibility index (Phi) is 4.69. The van der Waals surface area contributed by atoms with E-state index in [0.717, 1.165) is 23.9 Å². The van der Waals surface area contributed by atoms with E-state index in [1.807, 2.05) is 0 Å². The Morgan fingerprint density at radius 1 is 0.938 bits per heavy atom. The third-order valence-electron chi connectivity index (χ3n) is 4.82. The van der Waals surface area contributed by atoms with E-state index < -0.39 is 0 Å². The molecule has 2 aliphatic carbocycles. The summed E-state index contributed by atoms with van der Waals surface area (Å²) >= 11 is 0. The Morgan fingerprint density at radius 2 is 1.62 bits per heavy atom. The summed E-state index contributed by atoms with van der Waals surface area (Å²) in [7, 11) is 0. The Hall–Kier alpha value is -0.0400. The molecule has 0 aromatic rings. The molecule has 2 unspecified atom stereocenters. The average molecular weight is 223 g/mol. The molecule has 0 amide bonds. The summed E-state index contributed by atoms with van der Waals surface area (Å²) in [5.74, 6) is 2.00. The van der Waals surface area contributed by atoms with E-state index >= 15 is 0 Å². The fourth-order valence-corrected chi connectivity index (χ4v) is 3.52. The lowest BCUT2D eigenvalue weighted by Gasteiger charge is -2.33. The SMILES string of the molecule is CC(CC1CCC1)NC(C)C1CCCCC1. The number of rotatable bonds is 5. The lowest BCUT2D eigenvalue weighted by atomic mass is 9.80. The standard InChI is InChI=1S/C15H29N/c1-12(11-14-7-6-8-14)16-13(2)15-9-4-3-5-10-15/h12-16H,3-11H2,1-2H3. The second-order valence-corrected chi connectivity index (χ2v) is 6.29. The van der Waals surface area contributed by atoms with Gasteiger partial charge < -0.3 is 5.32 Å². The predicted octanol–water partition coefficient (Wildman–Crippen LogP) is 4.12.